The zero-order valence-corrected chi connectivity index (χ0v) is 6.87. The van der Waals surface area contributed by atoms with Crippen LogP contribution in [0.1, 0.15) is 5.56 Å². The summed E-state index contributed by atoms with van der Waals surface area (Å²) in [4.78, 5) is 0. The second-order valence-corrected chi connectivity index (χ2v) is 2.82. The van der Waals surface area contributed by atoms with Crippen LogP contribution in [0.25, 0.3) is 0 Å². The van der Waals surface area contributed by atoms with Crippen LogP contribution in [0, 0.1) is 6.92 Å². The first-order valence-electron chi connectivity index (χ1n) is 2.76. The highest BCUT2D eigenvalue weighted by atomic mass is 35.5. The van der Waals surface area contributed by atoms with E-state index in [4.69, 9.17) is 23.2 Å². The van der Waals surface area contributed by atoms with Crippen LogP contribution in [0.5, 0.6) is 5.75 Å². The van der Waals surface area contributed by atoms with E-state index in [1.807, 2.05) is 0 Å². The van der Waals surface area contributed by atoms with E-state index >= 15 is 0 Å². The molecule has 1 rings (SSSR count). The molecule has 0 amide bonds. The third-order valence-electron chi connectivity index (χ3n) is 1.32. The fourth-order valence-electron chi connectivity index (χ4n) is 0.642. The predicted octanol–water partition coefficient (Wildman–Crippen LogP) is 3.01. The summed E-state index contributed by atoms with van der Waals surface area (Å²) in [6.07, 6.45) is 0. The topological polar surface area (TPSA) is 20.2 Å². The van der Waals surface area contributed by atoms with E-state index in [2.05, 4.69) is 0 Å². The summed E-state index contributed by atoms with van der Waals surface area (Å²) in [6, 6.07) is 3.21. The van der Waals surface area contributed by atoms with Crippen LogP contribution in [-0.2, 0) is 0 Å². The molecule has 1 aromatic carbocycles. The number of hydrogen-bond donors (Lipinski definition) is 1. The molecule has 0 spiro atoms. The van der Waals surface area contributed by atoms with Crippen molar-refractivity contribution in [1.29, 1.82) is 0 Å². The van der Waals surface area contributed by atoms with E-state index in [0.29, 0.717) is 15.6 Å². The SMILES string of the molecule is Cc1c(Cl)ccc(Cl)c1O. The van der Waals surface area contributed by atoms with Gasteiger partial charge in [-0.15, -0.1) is 0 Å². The third-order valence-corrected chi connectivity index (χ3v) is 2.03. The first-order valence-corrected chi connectivity index (χ1v) is 3.52. The number of rotatable bonds is 0. The van der Waals surface area contributed by atoms with Gasteiger partial charge in [0.05, 0.1) is 5.02 Å². The van der Waals surface area contributed by atoms with Crippen LogP contribution < -0.4 is 0 Å². The average molecular weight is 177 g/mol. The standard InChI is InChI=1S/C7H6Cl2O/c1-4-5(8)2-3-6(9)7(4)10/h2-3,10H,1H3. The Bertz CT molecular complexity index is 231. The van der Waals surface area contributed by atoms with E-state index in [0.717, 1.165) is 0 Å². The Labute approximate surface area is 69.2 Å². The molecule has 10 heavy (non-hydrogen) atoms. The van der Waals surface area contributed by atoms with Gasteiger partial charge in [-0.25, -0.2) is 0 Å². The van der Waals surface area contributed by atoms with Gasteiger partial charge in [-0.3, -0.25) is 0 Å². The molecule has 1 nitrogen and oxygen atoms in total. The summed E-state index contributed by atoms with van der Waals surface area (Å²) < 4.78 is 0. The zero-order chi connectivity index (χ0) is 7.72. The van der Waals surface area contributed by atoms with Crippen molar-refractivity contribution in [3.63, 3.8) is 0 Å². The minimum atomic E-state index is 0.0640. The largest absolute Gasteiger partial charge is 0.506 e. The highest BCUT2D eigenvalue weighted by Gasteiger charge is 2.03. The normalized spacial score (nSPS) is 9.90. The summed E-state index contributed by atoms with van der Waals surface area (Å²) in [5, 5.41) is 10.0. The lowest BCUT2D eigenvalue weighted by Gasteiger charge is -2.01. The monoisotopic (exact) mass is 176 g/mol. The molecule has 54 valence electrons. The Balaban J connectivity index is 3.34. The van der Waals surface area contributed by atoms with Crippen molar-refractivity contribution < 1.29 is 5.11 Å². The van der Waals surface area contributed by atoms with Gasteiger partial charge in [0.1, 0.15) is 5.75 Å². The second-order valence-electron chi connectivity index (χ2n) is 2.00. The van der Waals surface area contributed by atoms with Crippen molar-refractivity contribution >= 4 is 23.2 Å². The Kier molecular flexibility index (Phi) is 2.07. The highest BCUT2D eigenvalue weighted by Crippen LogP contribution is 2.31. The first-order chi connectivity index (χ1) is 4.63. The molecular weight excluding hydrogens is 171 g/mol. The first kappa shape index (κ1) is 7.70. The maximum Gasteiger partial charge on any atom is 0.138 e. The summed E-state index contributed by atoms with van der Waals surface area (Å²) in [7, 11) is 0. The number of phenols is 1. The van der Waals surface area contributed by atoms with Gasteiger partial charge in [0.25, 0.3) is 0 Å². The molecule has 0 atom stereocenters. The van der Waals surface area contributed by atoms with Gasteiger partial charge in [0.2, 0.25) is 0 Å². The van der Waals surface area contributed by atoms with E-state index in [-0.39, 0.29) is 5.75 Å². The summed E-state index contributed by atoms with van der Waals surface area (Å²) >= 11 is 11.2. The maximum atomic E-state index is 9.17. The fourth-order valence-corrected chi connectivity index (χ4v) is 1.000. The molecule has 0 saturated carbocycles. The van der Waals surface area contributed by atoms with E-state index < -0.39 is 0 Å². The number of phenolic OH excluding ortho intramolecular Hbond substituents is 1. The molecule has 0 bridgehead atoms. The molecule has 0 aliphatic carbocycles. The summed E-state index contributed by atoms with van der Waals surface area (Å²) in [5.41, 5.74) is 0.620. The van der Waals surface area contributed by atoms with Crippen LogP contribution >= 0.6 is 23.2 Å². The molecule has 0 saturated heterocycles. The highest BCUT2D eigenvalue weighted by molar-refractivity contribution is 6.34. The van der Waals surface area contributed by atoms with Gasteiger partial charge in [-0.05, 0) is 19.1 Å². The van der Waals surface area contributed by atoms with Crippen LogP contribution in [0.2, 0.25) is 10.0 Å². The lowest BCUT2D eigenvalue weighted by atomic mass is 10.2. The van der Waals surface area contributed by atoms with E-state index in [1.54, 1.807) is 19.1 Å². The lowest BCUT2D eigenvalue weighted by molar-refractivity contribution is 0.471. The van der Waals surface area contributed by atoms with Crippen molar-refractivity contribution in [2.45, 2.75) is 6.92 Å². The van der Waals surface area contributed by atoms with Gasteiger partial charge in [-0.2, -0.15) is 0 Å². The van der Waals surface area contributed by atoms with Crippen LogP contribution in [0.15, 0.2) is 12.1 Å². The Morgan fingerprint density at radius 2 is 1.70 bits per heavy atom. The fraction of sp³-hybridized carbons (Fsp3) is 0.143. The van der Waals surface area contributed by atoms with Crippen molar-refractivity contribution in [2.75, 3.05) is 0 Å². The van der Waals surface area contributed by atoms with Gasteiger partial charge >= 0.3 is 0 Å². The second kappa shape index (κ2) is 2.69. The molecule has 0 radical (unpaired) electrons. The molecule has 0 fully saturated rings. The zero-order valence-electron chi connectivity index (χ0n) is 5.36. The molecule has 0 heterocycles. The number of hydrogen-bond acceptors (Lipinski definition) is 1. The minimum Gasteiger partial charge on any atom is -0.506 e. The van der Waals surface area contributed by atoms with Crippen LogP contribution in [0.3, 0.4) is 0 Å². The third kappa shape index (κ3) is 1.20. The number of halogens is 2. The van der Waals surface area contributed by atoms with Crippen LogP contribution in [-0.4, -0.2) is 5.11 Å². The summed E-state index contributed by atoms with van der Waals surface area (Å²) in [5.74, 6) is 0.0640. The summed E-state index contributed by atoms with van der Waals surface area (Å²) in [6.45, 7) is 1.71. The van der Waals surface area contributed by atoms with Crippen LogP contribution in [0.4, 0.5) is 0 Å². The number of aromatic hydroxyl groups is 1. The molecule has 1 N–H and O–H groups in total. The Morgan fingerprint density at radius 3 is 2.20 bits per heavy atom. The van der Waals surface area contributed by atoms with Crippen molar-refractivity contribution in [3.05, 3.63) is 27.7 Å². The lowest BCUT2D eigenvalue weighted by Crippen LogP contribution is -1.76. The Morgan fingerprint density at radius 1 is 1.20 bits per heavy atom. The van der Waals surface area contributed by atoms with Gasteiger partial charge in [0.15, 0.2) is 0 Å². The van der Waals surface area contributed by atoms with E-state index in [1.165, 1.54) is 0 Å². The molecule has 3 heteroatoms. The van der Waals surface area contributed by atoms with Gasteiger partial charge in [0, 0.05) is 10.6 Å². The van der Waals surface area contributed by atoms with Crippen molar-refractivity contribution in [3.8, 4) is 5.75 Å². The smallest absolute Gasteiger partial charge is 0.138 e. The average Bonchev–Trinajstić information content (AvgIpc) is 1.93. The van der Waals surface area contributed by atoms with Crippen molar-refractivity contribution in [1.82, 2.24) is 0 Å². The quantitative estimate of drug-likeness (QED) is 0.645. The van der Waals surface area contributed by atoms with Gasteiger partial charge in [-0.1, -0.05) is 23.2 Å². The molecular formula is C7H6Cl2O. The molecule has 0 aliphatic rings. The predicted molar refractivity (Wildman–Crippen MR) is 42.9 cm³/mol. The molecule has 1 aromatic rings. The Hall–Kier alpha value is -0.400. The number of benzene rings is 1. The van der Waals surface area contributed by atoms with E-state index in [9.17, 15) is 5.11 Å². The molecule has 0 aromatic heterocycles. The molecule has 0 aliphatic heterocycles. The van der Waals surface area contributed by atoms with Crippen molar-refractivity contribution in [2.24, 2.45) is 0 Å². The molecule has 0 unspecified atom stereocenters. The minimum absolute atomic E-state index is 0.0640. The van der Waals surface area contributed by atoms with Gasteiger partial charge < -0.3 is 5.11 Å². The maximum absolute atomic E-state index is 9.17.